The molecule has 7 heteroatoms. The minimum Gasteiger partial charge on any atom is -0.469 e. The standard InChI is InChI=1S/C27H38N2O5/c1-26(2,3)34-25(32)29(22-16-21(22)18-8-6-5-7-9-18)17-27(14-15-27)24(31)28-20-12-10-19(11-13-20)23(30)33-4/h5-9,19-22H,10-17H2,1-4H3,(H,28,31). The highest BCUT2D eigenvalue weighted by Crippen LogP contribution is 2.51. The van der Waals surface area contributed by atoms with Gasteiger partial charge in [0.1, 0.15) is 5.60 Å². The number of carbonyl (C=O) groups excluding carboxylic acids is 3. The number of ether oxygens (including phenoxy) is 2. The Bertz CT molecular complexity index is 897. The van der Waals surface area contributed by atoms with Gasteiger partial charge in [0.2, 0.25) is 5.91 Å². The highest BCUT2D eigenvalue weighted by molar-refractivity contribution is 5.86. The molecule has 1 aromatic rings. The quantitative estimate of drug-likeness (QED) is 0.597. The SMILES string of the molecule is COC(=O)C1CCC(NC(=O)C2(CN(C(=O)OC(C)(C)C)C3CC3c3ccccc3)CC2)CC1. The van der Waals surface area contributed by atoms with Crippen LogP contribution >= 0.6 is 0 Å². The van der Waals surface area contributed by atoms with Gasteiger partial charge in [-0.2, -0.15) is 0 Å². The lowest BCUT2D eigenvalue weighted by Crippen LogP contribution is -2.48. The monoisotopic (exact) mass is 470 g/mol. The number of nitrogens with zero attached hydrogens (tertiary/aromatic N) is 1. The number of benzene rings is 1. The van der Waals surface area contributed by atoms with E-state index in [1.165, 1.54) is 12.7 Å². The van der Waals surface area contributed by atoms with Crippen LogP contribution in [0.1, 0.15) is 77.2 Å². The van der Waals surface area contributed by atoms with E-state index in [1.807, 2.05) is 43.9 Å². The average molecular weight is 471 g/mol. The molecule has 0 saturated heterocycles. The van der Waals surface area contributed by atoms with Gasteiger partial charge in [0, 0.05) is 24.5 Å². The number of hydrogen-bond acceptors (Lipinski definition) is 5. The molecule has 3 saturated carbocycles. The summed E-state index contributed by atoms with van der Waals surface area (Å²) in [7, 11) is 1.42. The van der Waals surface area contributed by atoms with E-state index < -0.39 is 11.0 Å². The van der Waals surface area contributed by atoms with Crippen LogP contribution in [-0.2, 0) is 19.1 Å². The predicted octanol–water partition coefficient (Wildman–Crippen LogP) is 4.41. The Morgan fingerprint density at radius 3 is 2.26 bits per heavy atom. The van der Waals surface area contributed by atoms with Gasteiger partial charge in [-0.1, -0.05) is 30.3 Å². The molecule has 7 nitrogen and oxygen atoms in total. The summed E-state index contributed by atoms with van der Waals surface area (Å²) in [5, 5.41) is 3.22. The number of esters is 1. The van der Waals surface area contributed by atoms with E-state index in [2.05, 4.69) is 17.4 Å². The Balaban J connectivity index is 1.40. The van der Waals surface area contributed by atoms with Crippen molar-refractivity contribution in [1.82, 2.24) is 10.2 Å². The zero-order chi connectivity index (χ0) is 24.5. The van der Waals surface area contributed by atoms with Gasteiger partial charge in [0.15, 0.2) is 0 Å². The maximum Gasteiger partial charge on any atom is 0.410 e. The van der Waals surface area contributed by atoms with Crippen molar-refractivity contribution in [3.05, 3.63) is 35.9 Å². The first-order valence-corrected chi connectivity index (χ1v) is 12.6. The van der Waals surface area contributed by atoms with Crippen LogP contribution in [0.2, 0.25) is 0 Å². The number of hydrogen-bond donors (Lipinski definition) is 1. The molecule has 186 valence electrons. The summed E-state index contributed by atoms with van der Waals surface area (Å²) in [4.78, 5) is 40.1. The Kier molecular flexibility index (Phi) is 6.92. The molecule has 4 rings (SSSR count). The molecule has 2 atom stereocenters. The third kappa shape index (κ3) is 5.73. The van der Waals surface area contributed by atoms with Gasteiger partial charge in [-0.15, -0.1) is 0 Å². The molecule has 0 heterocycles. The van der Waals surface area contributed by atoms with Gasteiger partial charge in [-0.25, -0.2) is 4.79 Å². The minimum atomic E-state index is -0.594. The molecule has 0 aromatic heterocycles. The summed E-state index contributed by atoms with van der Waals surface area (Å²) >= 11 is 0. The van der Waals surface area contributed by atoms with E-state index in [9.17, 15) is 14.4 Å². The summed E-state index contributed by atoms with van der Waals surface area (Å²) in [6.07, 6.45) is 5.11. The van der Waals surface area contributed by atoms with Crippen LogP contribution in [0.25, 0.3) is 0 Å². The van der Waals surface area contributed by atoms with E-state index in [0.717, 1.165) is 44.9 Å². The summed E-state index contributed by atoms with van der Waals surface area (Å²) in [5.74, 6) is 0.0787. The zero-order valence-corrected chi connectivity index (χ0v) is 20.8. The Labute approximate surface area is 202 Å². The topological polar surface area (TPSA) is 84.9 Å². The van der Waals surface area contributed by atoms with Crippen LogP contribution in [0.5, 0.6) is 0 Å². The van der Waals surface area contributed by atoms with Crippen molar-refractivity contribution in [3.63, 3.8) is 0 Å². The Morgan fingerprint density at radius 2 is 1.71 bits per heavy atom. The van der Waals surface area contributed by atoms with Crippen molar-refractivity contribution >= 4 is 18.0 Å². The molecule has 2 unspecified atom stereocenters. The lowest BCUT2D eigenvalue weighted by atomic mass is 9.85. The summed E-state index contributed by atoms with van der Waals surface area (Å²) in [6.45, 7) is 6.00. The number of amides is 2. The van der Waals surface area contributed by atoms with Crippen molar-refractivity contribution in [2.45, 2.75) is 89.3 Å². The smallest absolute Gasteiger partial charge is 0.410 e. The molecular weight excluding hydrogens is 432 g/mol. The predicted molar refractivity (Wildman–Crippen MR) is 128 cm³/mol. The summed E-state index contributed by atoms with van der Waals surface area (Å²) in [5.41, 5.74) is 0.0848. The fourth-order valence-electron chi connectivity index (χ4n) is 5.13. The van der Waals surface area contributed by atoms with Gasteiger partial charge < -0.3 is 19.7 Å². The largest absolute Gasteiger partial charge is 0.469 e. The lowest BCUT2D eigenvalue weighted by Gasteiger charge is -2.32. The molecule has 34 heavy (non-hydrogen) atoms. The molecule has 0 aliphatic heterocycles. The molecule has 2 amide bonds. The van der Waals surface area contributed by atoms with Crippen molar-refractivity contribution in [1.29, 1.82) is 0 Å². The lowest BCUT2D eigenvalue weighted by molar-refractivity contribution is -0.146. The molecular formula is C27H38N2O5. The molecule has 3 aliphatic rings. The maximum atomic E-state index is 13.3. The fourth-order valence-corrected chi connectivity index (χ4v) is 5.13. The second-order valence-corrected chi connectivity index (χ2v) is 11.3. The van der Waals surface area contributed by atoms with Crippen molar-refractivity contribution in [2.75, 3.05) is 13.7 Å². The van der Waals surface area contributed by atoms with E-state index in [0.29, 0.717) is 6.54 Å². The van der Waals surface area contributed by atoms with E-state index >= 15 is 0 Å². The van der Waals surface area contributed by atoms with Gasteiger partial charge in [-0.05, 0) is 71.3 Å². The fraction of sp³-hybridized carbons (Fsp3) is 0.667. The third-order valence-electron chi connectivity index (χ3n) is 7.42. The second kappa shape index (κ2) is 9.59. The van der Waals surface area contributed by atoms with Crippen LogP contribution in [0.15, 0.2) is 30.3 Å². The van der Waals surface area contributed by atoms with E-state index in [-0.39, 0.29) is 41.9 Å². The van der Waals surface area contributed by atoms with Gasteiger partial charge in [0.05, 0.1) is 18.4 Å². The number of nitrogens with one attached hydrogen (secondary N) is 1. The van der Waals surface area contributed by atoms with Crippen LogP contribution < -0.4 is 5.32 Å². The maximum absolute atomic E-state index is 13.3. The van der Waals surface area contributed by atoms with E-state index in [1.54, 1.807) is 0 Å². The first-order chi connectivity index (χ1) is 16.1. The van der Waals surface area contributed by atoms with Crippen molar-refractivity contribution in [2.24, 2.45) is 11.3 Å². The van der Waals surface area contributed by atoms with Crippen LogP contribution in [0, 0.1) is 11.3 Å². The molecule has 1 N–H and O–H groups in total. The first kappa shape index (κ1) is 24.6. The van der Waals surface area contributed by atoms with Crippen molar-refractivity contribution < 1.29 is 23.9 Å². The molecule has 0 radical (unpaired) electrons. The molecule has 0 spiro atoms. The zero-order valence-electron chi connectivity index (χ0n) is 20.8. The average Bonchev–Trinajstić information content (AvgIpc) is 3.72. The van der Waals surface area contributed by atoms with E-state index in [4.69, 9.17) is 9.47 Å². The van der Waals surface area contributed by atoms with Crippen LogP contribution in [-0.4, -0.2) is 54.2 Å². The Morgan fingerprint density at radius 1 is 1.06 bits per heavy atom. The molecule has 3 fully saturated rings. The highest BCUT2D eigenvalue weighted by atomic mass is 16.6. The number of methoxy groups -OCH3 is 1. The van der Waals surface area contributed by atoms with Crippen molar-refractivity contribution in [3.8, 4) is 0 Å². The number of rotatable bonds is 7. The minimum absolute atomic E-state index is 0.0273. The highest BCUT2D eigenvalue weighted by Gasteiger charge is 2.56. The Hall–Kier alpha value is -2.57. The van der Waals surface area contributed by atoms with Crippen LogP contribution in [0.3, 0.4) is 0 Å². The van der Waals surface area contributed by atoms with Gasteiger partial charge >= 0.3 is 12.1 Å². The molecule has 0 bridgehead atoms. The van der Waals surface area contributed by atoms with Gasteiger partial charge in [-0.3, -0.25) is 9.59 Å². The third-order valence-corrected chi connectivity index (χ3v) is 7.42. The normalized spacial score (nSPS) is 27.3. The van der Waals surface area contributed by atoms with Crippen LogP contribution in [0.4, 0.5) is 4.79 Å². The summed E-state index contributed by atoms with van der Waals surface area (Å²) in [6, 6.07) is 10.4. The number of carbonyl (C=O) groups is 3. The second-order valence-electron chi connectivity index (χ2n) is 11.3. The van der Waals surface area contributed by atoms with Gasteiger partial charge in [0.25, 0.3) is 0 Å². The molecule has 3 aliphatic carbocycles. The molecule has 1 aromatic carbocycles. The first-order valence-electron chi connectivity index (χ1n) is 12.6. The summed E-state index contributed by atoms with van der Waals surface area (Å²) < 4.78 is 10.6.